The lowest BCUT2D eigenvalue weighted by atomic mass is 10.2. The van der Waals surface area contributed by atoms with Crippen LogP contribution in [0, 0.1) is 0 Å². The van der Waals surface area contributed by atoms with Crippen molar-refractivity contribution in [1.82, 2.24) is 4.98 Å². The molecule has 7 nitrogen and oxygen atoms in total. The lowest BCUT2D eigenvalue weighted by Gasteiger charge is -2.28. The van der Waals surface area contributed by atoms with Gasteiger partial charge in [0.1, 0.15) is 5.69 Å². The van der Waals surface area contributed by atoms with E-state index in [0.717, 1.165) is 10.9 Å². The largest absolute Gasteiger partial charge is 0.451 e. The maximum atomic E-state index is 12.9. The number of amides is 1. The highest BCUT2D eigenvalue weighted by atomic mass is 32.2. The predicted octanol–water partition coefficient (Wildman–Crippen LogP) is 2.54. The van der Waals surface area contributed by atoms with E-state index in [1.807, 2.05) is 30.3 Å². The van der Waals surface area contributed by atoms with Gasteiger partial charge in [0.15, 0.2) is 16.4 Å². The normalized spacial score (nSPS) is 17.9. The Hall–Kier alpha value is -3.13. The quantitative estimate of drug-likeness (QED) is 0.650. The minimum atomic E-state index is -3.18. The molecule has 150 valence electrons. The molecule has 2 heterocycles. The summed E-state index contributed by atoms with van der Waals surface area (Å²) in [5.41, 5.74) is 1.64. The minimum absolute atomic E-state index is 0.0448. The second kappa shape index (κ2) is 7.71. The van der Waals surface area contributed by atoms with Crippen LogP contribution in [0.2, 0.25) is 0 Å². The smallest absolute Gasteiger partial charge is 0.355 e. The van der Waals surface area contributed by atoms with Crippen LogP contribution in [-0.2, 0) is 19.4 Å². The van der Waals surface area contributed by atoms with E-state index in [0.29, 0.717) is 12.1 Å². The van der Waals surface area contributed by atoms with Gasteiger partial charge in [-0.1, -0.05) is 36.4 Å². The Bertz CT molecular complexity index is 1120. The number of fused-ring (bicyclic) bond motifs is 1. The zero-order valence-electron chi connectivity index (χ0n) is 15.6. The monoisotopic (exact) mass is 412 g/mol. The van der Waals surface area contributed by atoms with Gasteiger partial charge in [0.2, 0.25) is 0 Å². The van der Waals surface area contributed by atoms with Crippen LogP contribution >= 0.6 is 0 Å². The third-order valence-electron chi connectivity index (χ3n) is 4.95. The van der Waals surface area contributed by atoms with Gasteiger partial charge in [0, 0.05) is 16.6 Å². The molecule has 1 aliphatic rings. The van der Waals surface area contributed by atoms with E-state index in [1.54, 1.807) is 30.3 Å². The van der Waals surface area contributed by atoms with Crippen molar-refractivity contribution in [2.24, 2.45) is 0 Å². The molecule has 0 unspecified atom stereocenters. The number of carbonyl (C=O) groups excluding carboxylic acids is 2. The molecule has 1 saturated heterocycles. The van der Waals surface area contributed by atoms with E-state index in [4.69, 9.17) is 4.74 Å². The first-order chi connectivity index (χ1) is 13.9. The number of anilines is 1. The number of esters is 1. The fraction of sp³-hybridized carbons (Fsp3) is 0.238. The van der Waals surface area contributed by atoms with Gasteiger partial charge in [-0.05, 0) is 30.7 Å². The summed E-state index contributed by atoms with van der Waals surface area (Å²) < 4.78 is 29.0. The molecule has 1 N–H and O–H groups in total. The van der Waals surface area contributed by atoms with E-state index in [2.05, 4.69) is 4.98 Å². The Balaban J connectivity index is 1.50. The number of hydrogen-bond acceptors (Lipinski definition) is 5. The van der Waals surface area contributed by atoms with Crippen molar-refractivity contribution in [1.29, 1.82) is 0 Å². The molecule has 1 aromatic heterocycles. The second-order valence-corrected chi connectivity index (χ2v) is 9.23. The van der Waals surface area contributed by atoms with Crippen molar-refractivity contribution in [3.05, 3.63) is 66.4 Å². The zero-order chi connectivity index (χ0) is 20.4. The molecular formula is C21H20N2O5S. The van der Waals surface area contributed by atoms with Crippen molar-refractivity contribution in [3.63, 3.8) is 0 Å². The average Bonchev–Trinajstić information content (AvgIpc) is 3.30. The van der Waals surface area contributed by atoms with E-state index < -0.39 is 34.4 Å². The zero-order valence-corrected chi connectivity index (χ0v) is 16.4. The number of ether oxygens (including phenoxy) is 1. The molecular weight excluding hydrogens is 392 g/mol. The summed E-state index contributed by atoms with van der Waals surface area (Å²) in [6, 6.07) is 17.5. The number of para-hydroxylation sites is 2. The molecule has 29 heavy (non-hydrogen) atoms. The molecule has 0 spiro atoms. The van der Waals surface area contributed by atoms with Crippen LogP contribution in [0.4, 0.5) is 5.69 Å². The van der Waals surface area contributed by atoms with Crippen LogP contribution in [-0.4, -0.2) is 49.4 Å². The number of carbonyl (C=O) groups is 2. The summed E-state index contributed by atoms with van der Waals surface area (Å²) in [6.45, 7) is -0.473. The number of nitrogens with zero attached hydrogens (tertiary/aromatic N) is 1. The Morgan fingerprint density at radius 2 is 1.79 bits per heavy atom. The van der Waals surface area contributed by atoms with E-state index in [-0.39, 0.29) is 17.2 Å². The van der Waals surface area contributed by atoms with Crippen molar-refractivity contribution >= 4 is 38.3 Å². The van der Waals surface area contributed by atoms with Gasteiger partial charge in [-0.2, -0.15) is 0 Å². The van der Waals surface area contributed by atoms with Crippen molar-refractivity contribution in [2.75, 3.05) is 23.0 Å². The number of benzene rings is 2. The Kier molecular flexibility index (Phi) is 5.10. The van der Waals surface area contributed by atoms with E-state index in [1.165, 1.54) is 4.90 Å². The first-order valence-corrected chi connectivity index (χ1v) is 11.1. The lowest BCUT2D eigenvalue weighted by Crippen LogP contribution is -2.43. The number of sulfone groups is 1. The number of aromatic nitrogens is 1. The van der Waals surface area contributed by atoms with Gasteiger partial charge in [0.05, 0.1) is 17.5 Å². The highest BCUT2D eigenvalue weighted by Gasteiger charge is 2.35. The van der Waals surface area contributed by atoms with Crippen LogP contribution in [0.1, 0.15) is 16.9 Å². The molecule has 0 radical (unpaired) electrons. The molecule has 1 atom stereocenters. The number of rotatable bonds is 5. The third kappa shape index (κ3) is 4.17. The van der Waals surface area contributed by atoms with Gasteiger partial charge >= 0.3 is 5.97 Å². The number of hydrogen-bond donors (Lipinski definition) is 1. The molecule has 0 saturated carbocycles. The molecule has 1 fully saturated rings. The summed E-state index contributed by atoms with van der Waals surface area (Å²) in [4.78, 5) is 29.7. The fourth-order valence-electron chi connectivity index (χ4n) is 3.58. The second-order valence-electron chi connectivity index (χ2n) is 7.00. The van der Waals surface area contributed by atoms with Crippen molar-refractivity contribution in [3.8, 4) is 0 Å². The molecule has 3 aromatic rings. The summed E-state index contributed by atoms with van der Waals surface area (Å²) in [6.07, 6.45) is 0.360. The van der Waals surface area contributed by atoms with Gasteiger partial charge in [-0.15, -0.1) is 0 Å². The van der Waals surface area contributed by atoms with E-state index >= 15 is 0 Å². The van der Waals surface area contributed by atoms with Crippen molar-refractivity contribution < 1.29 is 22.7 Å². The number of nitrogens with one attached hydrogen (secondary N) is 1. The van der Waals surface area contributed by atoms with Crippen LogP contribution in [0.15, 0.2) is 60.7 Å². The topological polar surface area (TPSA) is 96.5 Å². The Morgan fingerprint density at radius 3 is 2.48 bits per heavy atom. The molecule has 2 aromatic carbocycles. The Morgan fingerprint density at radius 1 is 1.07 bits per heavy atom. The SMILES string of the molecule is O=C(OCC(=O)N(c1ccccc1)[C@H]1CCS(=O)(=O)C1)c1cc2ccccc2[nH]1. The van der Waals surface area contributed by atoms with Gasteiger partial charge in [-0.25, -0.2) is 13.2 Å². The average molecular weight is 412 g/mol. The summed E-state index contributed by atoms with van der Waals surface area (Å²) in [5, 5.41) is 0.868. The maximum Gasteiger partial charge on any atom is 0.355 e. The van der Waals surface area contributed by atoms with Crippen LogP contribution < -0.4 is 4.90 Å². The first kappa shape index (κ1) is 19.2. The summed E-state index contributed by atoms with van der Waals surface area (Å²) in [7, 11) is -3.18. The van der Waals surface area contributed by atoms with Crippen LogP contribution in [0.25, 0.3) is 10.9 Å². The molecule has 4 rings (SSSR count). The summed E-state index contributed by atoms with van der Waals surface area (Å²) >= 11 is 0. The number of H-pyrrole nitrogens is 1. The van der Waals surface area contributed by atoms with Crippen LogP contribution in [0.5, 0.6) is 0 Å². The summed E-state index contributed by atoms with van der Waals surface area (Å²) in [5.74, 6) is -1.14. The van der Waals surface area contributed by atoms with Gasteiger partial charge in [-0.3, -0.25) is 4.79 Å². The maximum absolute atomic E-state index is 12.9. The molecule has 8 heteroatoms. The highest BCUT2D eigenvalue weighted by Crippen LogP contribution is 2.25. The highest BCUT2D eigenvalue weighted by molar-refractivity contribution is 7.91. The van der Waals surface area contributed by atoms with Crippen LogP contribution in [0.3, 0.4) is 0 Å². The Labute approximate surface area is 168 Å². The predicted molar refractivity (Wildman–Crippen MR) is 110 cm³/mol. The minimum Gasteiger partial charge on any atom is -0.451 e. The molecule has 1 amide bonds. The number of aromatic amines is 1. The van der Waals surface area contributed by atoms with Gasteiger partial charge < -0.3 is 14.6 Å². The standard InChI is InChI=1S/C21H20N2O5S/c24-20(13-28-21(25)19-12-15-6-4-5-9-18(15)22-19)23(16-7-2-1-3-8-16)17-10-11-29(26,27)14-17/h1-9,12,17,22H,10-11,13-14H2/t17-/m0/s1. The third-order valence-corrected chi connectivity index (χ3v) is 6.70. The molecule has 0 aliphatic carbocycles. The van der Waals surface area contributed by atoms with Crippen molar-refractivity contribution in [2.45, 2.75) is 12.5 Å². The lowest BCUT2D eigenvalue weighted by molar-refractivity contribution is -0.122. The molecule has 0 bridgehead atoms. The first-order valence-electron chi connectivity index (χ1n) is 9.25. The fourth-order valence-corrected chi connectivity index (χ4v) is 5.28. The molecule has 1 aliphatic heterocycles. The van der Waals surface area contributed by atoms with E-state index in [9.17, 15) is 18.0 Å². The van der Waals surface area contributed by atoms with Gasteiger partial charge in [0.25, 0.3) is 5.91 Å².